The van der Waals surface area contributed by atoms with Crippen LogP contribution in [0.3, 0.4) is 0 Å². The predicted molar refractivity (Wildman–Crippen MR) is 43.5 cm³/mol. The summed E-state index contributed by atoms with van der Waals surface area (Å²) in [7, 11) is 0. The number of carboxylic acid groups (broad SMARTS) is 1. The third kappa shape index (κ3) is 2.60. The van der Waals surface area contributed by atoms with E-state index in [4.69, 9.17) is 5.11 Å². The summed E-state index contributed by atoms with van der Waals surface area (Å²) < 4.78 is 36.0. The number of aromatic carboxylic acids is 1. The predicted octanol–water partition coefficient (Wildman–Crippen LogP) is 2.89. The number of hydrogen-bond acceptors (Lipinski definition) is 2. The summed E-state index contributed by atoms with van der Waals surface area (Å²) in [5.74, 6) is -1.54. The summed E-state index contributed by atoms with van der Waals surface area (Å²) in [6.45, 7) is 0. The van der Waals surface area contributed by atoms with Crippen LogP contribution in [0.25, 0.3) is 0 Å². The van der Waals surface area contributed by atoms with E-state index in [-0.39, 0.29) is 12.4 Å². The fraction of sp³-hybridized carbons (Fsp3) is 0.167. The van der Waals surface area contributed by atoms with Crippen molar-refractivity contribution in [2.24, 2.45) is 0 Å². The van der Waals surface area contributed by atoms with Gasteiger partial charge >= 0.3 is 12.1 Å². The molecule has 1 aromatic heterocycles. The first-order chi connectivity index (χ1) is 5.43. The lowest BCUT2D eigenvalue weighted by atomic mass is 10.2. The first kappa shape index (κ1) is 12.2. The van der Waals surface area contributed by atoms with Gasteiger partial charge in [0.1, 0.15) is 4.88 Å². The zero-order chi connectivity index (χ0) is 9.35. The Hall–Kier alpha value is -0.750. The van der Waals surface area contributed by atoms with Crippen LogP contribution in [0.15, 0.2) is 11.4 Å². The highest BCUT2D eigenvalue weighted by molar-refractivity contribution is 7.12. The Balaban J connectivity index is 0.00000144. The minimum Gasteiger partial charge on any atom is -0.477 e. The van der Waals surface area contributed by atoms with Crippen molar-refractivity contribution in [2.75, 3.05) is 0 Å². The monoisotopic (exact) mass is 232 g/mol. The normalized spacial score (nSPS) is 10.7. The van der Waals surface area contributed by atoms with E-state index < -0.39 is 22.6 Å². The summed E-state index contributed by atoms with van der Waals surface area (Å²) in [6, 6.07) is 0.758. The van der Waals surface area contributed by atoms with Crippen molar-refractivity contribution < 1.29 is 23.1 Å². The maximum atomic E-state index is 12.0. The van der Waals surface area contributed by atoms with Crippen molar-refractivity contribution in [3.05, 3.63) is 21.9 Å². The number of alkyl halides is 3. The molecule has 2 nitrogen and oxygen atoms in total. The number of hydrogen-bond donors (Lipinski definition) is 1. The number of thiophene rings is 1. The average Bonchev–Trinajstić information content (AvgIpc) is 2.30. The van der Waals surface area contributed by atoms with E-state index in [0.717, 1.165) is 11.4 Å². The maximum absolute atomic E-state index is 12.0. The maximum Gasteiger partial charge on any atom is 0.418 e. The molecule has 13 heavy (non-hydrogen) atoms. The molecule has 0 radical (unpaired) electrons. The molecule has 74 valence electrons. The van der Waals surface area contributed by atoms with E-state index in [0.29, 0.717) is 11.3 Å². The third-order valence-corrected chi connectivity index (χ3v) is 2.07. The molecule has 7 heteroatoms. The van der Waals surface area contributed by atoms with Crippen molar-refractivity contribution >= 4 is 29.7 Å². The second-order valence-corrected chi connectivity index (χ2v) is 2.88. The molecule has 0 aliphatic carbocycles. The van der Waals surface area contributed by atoms with Gasteiger partial charge in [-0.2, -0.15) is 13.2 Å². The molecule has 0 amide bonds. The molecule has 0 aromatic carbocycles. The minimum atomic E-state index is -4.58. The second kappa shape index (κ2) is 3.97. The van der Waals surface area contributed by atoms with Gasteiger partial charge < -0.3 is 5.11 Å². The second-order valence-electron chi connectivity index (χ2n) is 1.97. The Morgan fingerprint density at radius 1 is 1.46 bits per heavy atom. The lowest BCUT2D eigenvalue weighted by Gasteiger charge is -2.03. The zero-order valence-corrected chi connectivity index (χ0v) is 7.59. The number of rotatable bonds is 1. The molecule has 0 saturated carbocycles. The molecular weight excluding hydrogens is 229 g/mol. The van der Waals surface area contributed by atoms with Gasteiger partial charge in [0.15, 0.2) is 0 Å². The quantitative estimate of drug-likeness (QED) is 0.808. The first-order valence-corrected chi connectivity index (χ1v) is 3.69. The van der Waals surface area contributed by atoms with E-state index in [1.807, 2.05) is 0 Å². The summed E-state index contributed by atoms with van der Waals surface area (Å²) in [5, 5.41) is 9.43. The molecule has 1 rings (SSSR count). The first-order valence-electron chi connectivity index (χ1n) is 2.81. The number of carboxylic acids is 1. The van der Waals surface area contributed by atoms with Crippen LogP contribution in [0.4, 0.5) is 13.2 Å². The van der Waals surface area contributed by atoms with E-state index in [1.165, 1.54) is 0 Å². The van der Waals surface area contributed by atoms with E-state index in [9.17, 15) is 18.0 Å². The van der Waals surface area contributed by atoms with Crippen molar-refractivity contribution in [2.45, 2.75) is 6.18 Å². The highest BCUT2D eigenvalue weighted by atomic mass is 35.5. The van der Waals surface area contributed by atoms with Crippen LogP contribution < -0.4 is 0 Å². The SMILES string of the molecule is Cl.O=C(O)c1sccc1C(F)(F)F. The van der Waals surface area contributed by atoms with Crippen molar-refractivity contribution in [3.8, 4) is 0 Å². The molecule has 0 saturated heterocycles. The highest BCUT2D eigenvalue weighted by Crippen LogP contribution is 2.34. The van der Waals surface area contributed by atoms with Gasteiger partial charge in [0.05, 0.1) is 5.56 Å². The molecule has 0 aliphatic rings. The Morgan fingerprint density at radius 2 is 2.00 bits per heavy atom. The van der Waals surface area contributed by atoms with Gasteiger partial charge in [0.25, 0.3) is 0 Å². The van der Waals surface area contributed by atoms with Crippen molar-refractivity contribution in [1.29, 1.82) is 0 Å². The van der Waals surface area contributed by atoms with Crippen LogP contribution in [0.5, 0.6) is 0 Å². The molecular formula is C6H4ClF3O2S. The van der Waals surface area contributed by atoms with Crippen LogP contribution >= 0.6 is 23.7 Å². The molecule has 0 unspecified atom stereocenters. The summed E-state index contributed by atoms with van der Waals surface area (Å²) in [6.07, 6.45) is -4.58. The molecule has 1 heterocycles. The van der Waals surface area contributed by atoms with E-state index in [1.54, 1.807) is 0 Å². The number of carbonyl (C=O) groups is 1. The van der Waals surface area contributed by atoms with Gasteiger partial charge in [-0.1, -0.05) is 0 Å². The fourth-order valence-electron chi connectivity index (χ4n) is 0.698. The highest BCUT2D eigenvalue weighted by Gasteiger charge is 2.36. The minimum absolute atomic E-state index is 0. The van der Waals surface area contributed by atoms with Crippen molar-refractivity contribution in [3.63, 3.8) is 0 Å². The Kier molecular flexibility index (Phi) is 3.74. The van der Waals surface area contributed by atoms with Gasteiger partial charge in [-0.15, -0.1) is 23.7 Å². The Bertz CT molecular complexity index is 307. The third-order valence-electron chi connectivity index (χ3n) is 1.16. The summed E-state index contributed by atoms with van der Waals surface area (Å²) in [5.41, 5.74) is -1.08. The molecule has 0 spiro atoms. The van der Waals surface area contributed by atoms with Crippen LogP contribution in [0, 0.1) is 0 Å². The molecule has 0 aliphatic heterocycles. The Morgan fingerprint density at radius 3 is 2.31 bits per heavy atom. The van der Waals surface area contributed by atoms with Gasteiger partial charge in [0.2, 0.25) is 0 Å². The summed E-state index contributed by atoms with van der Waals surface area (Å²) in [4.78, 5) is 9.58. The molecule has 1 aromatic rings. The lowest BCUT2D eigenvalue weighted by molar-refractivity contribution is -0.137. The van der Waals surface area contributed by atoms with Crippen LogP contribution in [-0.2, 0) is 6.18 Å². The topological polar surface area (TPSA) is 37.3 Å². The van der Waals surface area contributed by atoms with E-state index in [2.05, 4.69) is 0 Å². The molecule has 0 bridgehead atoms. The molecule has 1 N–H and O–H groups in total. The smallest absolute Gasteiger partial charge is 0.418 e. The van der Waals surface area contributed by atoms with E-state index >= 15 is 0 Å². The van der Waals surface area contributed by atoms with Gasteiger partial charge in [-0.3, -0.25) is 0 Å². The van der Waals surface area contributed by atoms with Gasteiger partial charge in [0, 0.05) is 0 Å². The summed E-state index contributed by atoms with van der Waals surface area (Å²) >= 11 is 0.565. The standard InChI is InChI=1S/C6H3F3O2S.ClH/c7-6(8,9)3-1-2-12-4(3)5(10)11;/h1-2H,(H,10,11);1H. The largest absolute Gasteiger partial charge is 0.477 e. The number of halogens is 4. The van der Waals surface area contributed by atoms with Crippen LogP contribution in [0.2, 0.25) is 0 Å². The Labute approximate surface area is 81.4 Å². The lowest BCUT2D eigenvalue weighted by Crippen LogP contribution is -2.09. The molecule has 0 atom stereocenters. The van der Waals surface area contributed by atoms with Crippen LogP contribution in [-0.4, -0.2) is 11.1 Å². The van der Waals surface area contributed by atoms with Crippen molar-refractivity contribution in [1.82, 2.24) is 0 Å². The average molecular weight is 233 g/mol. The van der Waals surface area contributed by atoms with Gasteiger partial charge in [-0.25, -0.2) is 4.79 Å². The zero-order valence-electron chi connectivity index (χ0n) is 5.96. The van der Waals surface area contributed by atoms with Gasteiger partial charge in [-0.05, 0) is 11.4 Å². The molecule has 0 fully saturated rings. The fourth-order valence-corrected chi connectivity index (χ4v) is 1.45. The van der Waals surface area contributed by atoms with Crippen LogP contribution in [0.1, 0.15) is 15.2 Å².